The van der Waals surface area contributed by atoms with Crippen molar-refractivity contribution in [3.05, 3.63) is 41.5 Å². The molecule has 1 unspecified atom stereocenters. The standard InChI is InChI=1S/C14H20FN5/c1-14(2,10-5-7-11(15)8-6-10)12(16-3)9-13-17-19-20(4)18-13/h5-8,12,16H,9H2,1-4H3. The Bertz CT molecular complexity index is 561. The Morgan fingerprint density at radius 1 is 1.30 bits per heavy atom. The van der Waals surface area contributed by atoms with Crippen LogP contribution in [0.1, 0.15) is 25.2 Å². The molecule has 0 saturated carbocycles. The Morgan fingerprint density at radius 2 is 1.95 bits per heavy atom. The van der Waals surface area contributed by atoms with Gasteiger partial charge < -0.3 is 5.32 Å². The van der Waals surface area contributed by atoms with Gasteiger partial charge in [-0.25, -0.2) is 4.39 Å². The van der Waals surface area contributed by atoms with E-state index >= 15 is 0 Å². The van der Waals surface area contributed by atoms with Crippen LogP contribution in [0, 0.1) is 5.82 Å². The van der Waals surface area contributed by atoms with Crippen molar-refractivity contribution in [1.82, 2.24) is 25.5 Å². The number of aryl methyl sites for hydroxylation is 1. The number of aromatic nitrogens is 4. The SMILES string of the molecule is CNC(Cc1nnn(C)n1)C(C)(C)c1ccc(F)cc1. The molecule has 0 bridgehead atoms. The van der Waals surface area contributed by atoms with Gasteiger partial charge in [0.05, 0.1) is 7.05 Å². The molecule has 0 fully saturated rings. The zero-order chi connectivity index (χ0) is 14.8. The van der Waals surface area contributed by atoms with Gasteiger partial charge in [-0.05, 0) is 30.0 Å². The van der Waals surface area contributed by atoms with E-state index in [9.17, 15) is 4.39 Å². The highest BCUT2D eigenvalue weighted by Crippen LogP contribution is 2.28. The van der Waals surface area contributed by atoms with E-state index in [1.807, 2.05) is 19.2 Å². The third-order valence-electron chi connectivity index (χ3n) is 3.74. The molecule has 1 atom stereocenters. The lowest BCUT2D eigenvalue weighted by atomic mass is 9.76. The predicted octanol–water partition coefficient (Wildman–Crippen LogP) is 1.46. The molecule has 0 aliphatic carbocycles. The van der Waals surface area contributed by atoms with Gasteiger partial charge in [0.25, 0.3) is 0 Å². The van der Waals surface area contributed by atoms with Crippen molar-refractivity contribution in [3.63, 3.8) is 0 Å². The van der Waals surface area contributed by atoms with E-state index in [1.165, 1.54) is 16.9 Å². The molecule has 0 amide bonds. The van der Waals surface area contributed by atoms with Crippen molar-refractivity contribution in [3.8, 4) is 0 Å². The number of benzene rings is 1. The van der Waals surface area contributed by atoms with Gasteiger partial charge in [0.15, 0.2) is 5.82 Å². The Labute approximate surface area is 118 Å². The van der Waals surface area contributed by atoms with Crippen LogP contribution >= 0.6 is 0 Å². The first-order valence-electron chi connectivity index (χ1n) is 6.59. The molecule has 1 aromatic heterocycles. The van der Waals surface area contributed by atoms with E-state index < -0.39 is 0 Å². The van der Waals surface area contributed by atoms with Crippen LogP contribution < -0.4 is 5.32 Å². The molecule has 0 aliphatic rings. The fraction of sp³-hybridized carbons (Fsp3) is 0.500. The molecule has 20 heavy (non-hydrogen) atoms. The van der Waals surface area contributed by atoms with Crippen LogP contribution in [0.2, 0.25) is 0 Å². The van der Waals surface area contributed by atoms with Crippen LogP contribution in [0.25, 0.3) is 0 Å². The fourth-order valence-corrected chi connectivity index (χ4v) is 2.39. The molecule has 0 radical (unpaired) electrons. The summed E-state index contributed by atoms with van der Waals surface area (Å²) in [7, 11) is 3.66. The summed E-state index contributed by atoms with van der Waals surface area (Å²) >= 11 is 0. The molecule has 0 aliphatic heterocycles. The Balaban J connectivity index is 2.22. The number of nitrogens with zero attached hydrogens (tertiary/aromatic N) is 4. The number of nitrogens with one attached hydrogen (secondary N) is 1. The summed E-state index contributed by atoms with van der Waals surface area (Å²) in [6, 6.07) is 6.75. The second-order valence-corrected chi connectivity index (χ2v) is 5.47. The lowest BCUT2D eigenvalue weighted by molar-refractivity contribution is 0.351. The third kappa shape index (κ3) is 3.01. The van der Waals surface area contributed by atoms with Crippen molar-refractivity contribution < 1.29 is 4.39 Å². The Kier molecular flexibility index (Phi) is 4.13. The van der Waals surface area contributed by atoms with E-state index in [0.717, 1.165) is 5.56 Å². The van der Waals surface area contributed by atoms with Gasteiger partial charge in [0, 0.05) is 17.9 Å². The molecule has 0 saturated heterocycles. The highest BCUT2D eigenvalue weighted by atomic mass is 19.1. The molecule has 5 nitrogen and oxygen atoms in total. The summed E-state index contributed by atoms with van der Waals surface area (Å²) in [5.41, 5.74) is 0.893. The summed E-state index contributed by atoms with van der Waals surface area (Å²) in [5, 5.41) is 15.4. The lowest BCUT2D eigenvalue weighted by Gasteiger charge is -2.34. The molecule has 1 N–H and O–H groups in total. The van der Waals surface area contributed by atoms with E-state index in [2.05, 4.69) is 34.6 Å². The van der Waals surface area contributed by atoms with Crippen molar-refractivity contribution in [1.29, 1.82) is 0 Å². The van der Waals surface area contributed by atoms with Crippen molar-refractivity contribution in [2.45, 2.75) is 31.7 Å². The van der Waals surface area contributed by atoms with E-state index in [0.29, 0.717) is 12.2 Å². The summed E-state index contributed by atoms with van der Waals surface area (Å²) < 4.78 is 13.1. The normalized spacial score (nSPS) is 13.4. The Morgan fingerprint density at radius 3 is 2.45 bits per heavy atom. The third-order valence-corrected chi connectivity index (χ3v) is 3.74. The number of tetrazole rings is 1. The first-order chi connectivity index (χ1) is 9.43. The minimum absolute atomic E-state index is 0.122. The maximum absolute atomic E-state index is 13.1. The average Bonchev–Trinajstić information content (AvgIpc) is 2.82. The number of hydrogen-bond donors (Lipinski definition) is 1. The molecule has 0 spiro atoms. The smallest absolute Gasteiger partial charge is 0.176 e. The van der Waals surface area contributed by atoms with Crippen LogP contribution in [0.5, 0.6) is 0 Å². The first-order valence-corrected chi connectivity index (χ1v) is 6.59. The number of halogens is 1. The molecule has 6 heteroatoms. The second kappa shape index (κ2) is 5.66. The van der Waals surface area contributed by atoms with Crippen LogP contribution in [-0.4, -0.2) is 33.3 Å². The van der Waals surface area contributed by atoms with Gasteiger partial charge in [0.2, 0.25) is 0 Å². The van der Waals surface area contributed by atoms with Gasteiger partial charge in [-0.3, -0.25) is 0 Å². The molecule has 1 heterocycles. The summed E-state index contributed by atoms with van der Waals surface area (Å²) in [6.07, 6.45) is 0.661. The molecule has 2 rings (SSSR count). The number of rotatable bonds is 5. The van der Waals surface area contributed by atoms with Crippen molar-refractivity contribution >= 4 is 0 Å². The van der Waals surface area contributed by atoms with E-state index in [1.54, 1.807) is 7.05 Å². The zero-order valence-corrected chi connectivity index (χ0v) is 12.3. The first kappa shape index (κ1) is 14.6. The van der Waals surface area contributed by atoms with Gasteiger partial charge in [-0.2, -0.15) is 4.80 Å². The molecule has 1 aromatic carbocycles. The van der Waals surface area contributed by atoms with Crippen LogP contribution in [0.3, 0.4) is 0 Å². The topological polar surface area (TPSA) is 55.6 Å². The van der Waals surface area contributed by atoms with Gasteiger partial charge >= 0.3 is 0 Å². The minimum Gasteiger partial charge on any atom is -0.316 e. The second-order valence-electron chi connectivity index (χ2n) is 5.47. The minimum atomic E-state index is -0.221. The van der Waals surface area contributed by atoms with Gasteiger partial charge in [-0.15, -0.1) is 10.2 Å². The summed E-state index contributed by atoms with van der Waals surface area (Å²) in [6.45, 7) is 4.25. The predicted molar refractivity (Wildman–Crippen MR) is 74.8 cm³/mol. The maximum Gasteiger partial charge on any atom is 0.176 e. The van der Waals surface area contributed by atoms with Crippen LogP contribution in [0.15, 0.2) is 24.3 Å². The van der Waals surface area contributed by atoms with Crippen LogP contribution in [0.4, 0.5) is 4.39 Å². The van der Waals surface area contributed by atoms with Crippen molar-refractivity contribution in [2.24, 2.45) is 7.05 Å². The highest BCUT2D eigenvalue weighted by Gasteiger charge is 2.31. The van der Waals surface area contributed by atoms with E-state index in [4.69, 9.17) is 0 Å². The molecular formula is C14H20FN5. The average molecular weight is 277 g/mol. The quantitative estimate of drug-likeness (QED) is 0.899. The molecular weight excluding hydrogens is 257 g/mol. The lowest BCUT2D eigenvalue weighted by Crippen LogP contribution is -2.45. The monoisotopic (exact) mass is 277 g/mol. The zero-order valence-electron chi connectivity index (χ0n) is 12.3. The summed E-state index contributed by atoms with van der Waals surface area (Å²) in [5.74, 6) is 0.475. The molecule has 2 aromatic rings. The van der Waals surface area contributed by atoms with Crippen LogP contribution in [-0.2, 0) is 18.9 Å². The number of likely N-dealkylation sites (N-methyl/N-ethyl adjacent to an activating group) is 1. The highest BCUT2D eigenvalue weighted by molar-refractivity contribution is 5.26. The number of hydrogen-bond acceptors (Lipinski definition) is 4. The van der Waals surface area contributed by atoms with Crippen molar-refractivity contribution in [2.75, 3.05) is 7.05 Å². The maximum atomic E-state index is 13.1. The largest absolute Gasteiger partial charge is 0.316 e. The Hall–Kier alpha value is -1.82. The van der Waals surface area contributed by atoms with Gasteiger partial charge in [-0.1, -0.05) is 26.0 Å². The summed E-state index contributed by atoms with van der Waals surface area (Å²) in [4.78, 5) is 1.45. The fourth-order valence-electron chi connectivity index (χ4n) is 2.39. The van der Waals surface area contributed by atoms with E-state index in [-0.39, 0.29) is 17.3 Å². The van der Waals surface area contributed by atoms with Gasteiger partial charge in [0.1, 0.15) is 5.82 Å². The molecule has 108 valence electrons.